The van der Waals surface area contributed by atoms with Gasteiger partial charge in [0.2, 0.25) is 5.91 Å². The Bertz CT molecular complexity index is 1120. The first-order valence-electron chi connectivity index (χ1n) is 14.0. The van der Waals surface area contributed by atoms with Crippen molar-refractivity contribution in [2.75, 3.05) is 31.2 Å². The molecule has 0 saturated carbocycles. The van der Waals surface area contributed by atoms with Gasteiger partial charge >= 0.3 is 5.97 Å². The summed E-state index contributed by atoms with van der Waals surface area (Å²) in [6, 6.07) is 6.41. The van der Waals surface area contributed by atoms with Gasteiger partial charge in [0.05, 0.1) is 33.9 Å². The molecule has 3 aliphatic heterocycles. The lowest BCUT2D eigenvalue weighted by molar-refractivity contribution is -0.154. The zero-order valence-electron chi connectivity index (χ0n) is 22.7. The number of carbonyl (C=O) groups is 3. The number of allylic oxidation sites excluding steroid dienone is 1. The van der Waals surface area contributed by atoms with Crippen molar-refractivity contribution in [3.8, 4) is 0 Å². The number of rotatable bonds is 15. The summed E-state index contributed by atoms with van der Waals surface area (Å²) < 4.78 is 4.91. The third-order valence-electron chi connectivity index (χ3n) is 8.12. The molecule has 3 saturated heterocycles. The van der Waals surface area contributed by atoms with Crippen molar-refractivity contribution in [2.45, 2.75) is 65.8 Å². The highest BCUT2D eigenvalue weighted by Crippen LogP contribution is 2.68. The Morgan fingerprint density at radius 3 is 2.65 bits per heavy atom. The van der Waals surface area contributed by atoms with Crippen LogP contribution in [0.15, 0.2) is 49.6 Å². The molecule has 3 fully saturated rings. The number of alkyl halides is 1. The molecule has 4 rings (SSSR count). The lowest BCUT2D eigenvalue weighted by Crippen LogP contribution is -2.55. The van der Waals surface area contributed by atoms with Gasteiger partial charge in [-0.15, -0.1) is 24.9 Å². The molecule has 40 heavy (non-hydrogen) atoms. The van der Waals surface area contributed by atoms with E-state index in [0.717, 1.165) is 19.3 Å². The summed E-state index contributed by atoms with van der Waals surface area (Å²) in [5, 5.41) is 9.45. The summed E-state index contributed by atoms with van der Waals surface area (Å²) in [5.74, 6) is -1.99. The van der Waals surface area contributed by atoms with Gasteiger partial charge in [0, 0.05) is 29.8 Å². The first kappa shape index (κ1) is 31.1. The quantitative estimate of drug-likeness (QED) is 0.118. The fraction of sp³-hybridized carbons (Fsp3) is 0.567. The maximum Gasteiger partial charge on any atom is 0.310 e. The number of carbonyl (C=O) groups excluding carboxylic acids is 3. The van der Waals surface area contributed by atoms with E-state index in [2.05, 4.69) is 29.1 Å². The highest BCUT2D eigenvalue weighted by atomic mass is 79.9. The summed E-state index contributed by atoms with van der Waals surface area (Å²) in [4.78, 5) is 45.5. The minimum absolute atomic E-state index is 0.0275. The second-order valence-electron chi connectivity index (χ2n) is 10.6. The molecule has 2 amide bonds. The summed E-state index contributed by atoms with van der Waals surface area (Å²) >= 11 is 11.9. The van der Waals surface area contributed by atoms with Gasteiger partial charge < -0.3 is 19.6 Å². The molecule has 3 aliphatic rings. The van der Waals surface area contributed by atoms with Crippen LogP contribution in [0.3, 0.4) is 0 Å². The van der Waals surface area contributed by atoms with E-state index >= 15 is 0 Å². The molecule has 218 valence electrons. The van der Waals surface area contributed by atoms with E-state index in [0.29, 0.717) is 42.9 Å². The molecule has 3 unspecified atom stereocenters. The molecule has 10 heteroatoms. The summed E-state index contributed by atoms with van der Waals surface area (Å²) in [6.45, 7) is 8.62. The number of thioether (sulfide) groups is 1. The van der Waals surface area contributed by atoms with Crippen LogP contribution in [0.4, 0.5) is 5.69 Å². The number of hydrogen-bond donors (Lipinski definition) is 1. The van der Waals surface area contributed by atoms with E-state index in [1.165, 1.54) is 0 Å². The van der Waals surface area contributed by atoms with Crippen LogP contribution in [0.5, 0.6) is 0 Å². The molecule has 7 nitrogen and oxygen atoms in total. The number of likely N-dealkylation sites (tertiary alicyclic amines) is 1. The zero-order chi connectivity index (χ0) is 28.9. The minimum Gasteiger partial charge on any atom is -0.465 e. The fourth-order valence-corrected chi connectivity index (χ4v) is 10.2. The van der Waals surface area contributed by atoms with Crippen LogP contribution in [0.1, 0.15) is 44.9 Å². The second kappa shape index (κ2) is 13.9. The van der Waals surface area contributed by atoms with Gasteiger partial charge in [-0.25, -0.2) is 0 Å². The maximum atomic E-state index is 14.6. The number of amides is 2. The smallest absolute Gasteiger partial charge is 0.310 e. The van der Waals surface area contributed by atoms with Crippen LogP contribution in [-0.4, -0.2) is 75.0 Å². The summed E-state index contributed by atoms with van der Waals surface area (Å²) in [5.41, 5.74) is 0.565. The Morgan fingerprint density at radius 1 is 1.20 bits per heavy atom. The highest BCUT2D eigenvalue weighted by molar-refractivity contribution is 9.09. The largest absolute Gasteiger partial charge is 0.465 e. The molecule has 2 bridgehead atoms. The molecule has 0 aliphatic carbocycles. The van der Waals surface area contributed by atoms with Gasteiger partial charge in [0.25, 0.3) is 5.91 Å². The topological polar surface area (TPSA) is 87.2 Å². The monoisotopic (exact) mass is 652 g/mol. The van der Waals surface area contributed by atoms with Crippen molar-refractivity contribution < 1.29 is 24.2 Å². The van der Waals surface area contributed by atoms with Crippen molar-refractivity contribution in [3.63, 3.8) is 0 Å². The third-order valence-corrected chi connectivity index (χ3v) is 11.7. The molecule has 0 aromatic heterocycles. The summed E-state index contributed by atoms with van der Waals surface area (Å²) in [7, 11) is 0. The predicted molar refractivity (Wildman–Crippen MR) is 164 cm³/mol. The molecule has 1 aromatic carbocycles. The van der Waals surface area contributed by atoms with E-state index in [1.54, 1.807) is 45.8 Å². The third kappa shape index (κ3) is 5.90. The molecule has 1 spiro atoms. The predicted octanol–water partition coefficient (Wildman–Crippen LogP) is 5.39. The van der Waals surface area contributed by atoms with Crippen LogP contribution < -0.4 is 4.90 Å². The van der Waals surface area contributed by atoms with Crippen molar-refractivity contribution in [1.29, 1.82) is 0 Å². The number of benzene rings is 1. The Morgan fingerprint density at radius 2 is 1.95 bits per heavy atom. The fourth-order valence-electron chi connectivity index (χ4n) is 6.42. The number of hydrogen-bond acceptors (Lipinski definition) is 6. The van der Waals surface area contributed by atoms with Crippen molar-refractivity contribution in [1.82, 2.24) is 4.90 Å². The maximum absolute atomic E-state index is 14.6. The Balaban J connectivity index is 1.69. The second-order valence-corrected chi connectivity index (χ2v) is 13.7. The highest BCUT2D eigenvalue weighted by Gasteiger charge is 2.76. The minimum atomic E-state index is -0.760. The molecule has 1 N–H and O–H groups in total. The lowest BCUT2D eigenvalue weighted by atomic mass is 9.71. The van der Waals surface area contributed by atoms with Gasteiger partial charge in [0.15, 0.2) is 0 Å². The number of ether oxygens (including phenoxy) is 1. The van der Waals surface area contributed by atoms with E-state index < -0.39 is 22.6 Å². The van der Waals surface area contributed by atoms with E-state index in [9.17, 15) is 14.4 Å². The van der Waals surface area contributed by atoms with Crippen LogP contribution in [-0.2, 0) is 19.1 Å². The molecular formula is C30H38BrClN2O5S. The van der Waals surface area contributed by atoms with Crippen LogP contribution in [0.25, 0.3) is 0 Å². The van der Waals surface area contributed by atoms with Crippen LogP contribution in [0, 0.1) is 11.8 Å². The molecule has 3 heterocycles. The molecule has 6 atom stereocenters. The Hall–Kier alpha value is -1.81. The first-order valence-corrected chi connectivity index (χ1v) is 16.2. The van der Waals surface area contributed by atoms with E-state index in [4.69, 9.17) is 21.4 Å². The van der Waals surface area contributed by atoms with Crippen LogP contribution >= 0.6 is 39.3 Å². The van der Waals surface area contributed by atoms with Gasteiger partial charge in [-0.05, 0) is 44.2 Å². The molecular weight excluding hydrogens is 616 g/mol. The average molecular weight is 654 g/mol. The number of halogens is 2. The molecule has 0 radical (unpaired) electrons. The number of anilines is 1. The van der Waals surface area contributed by atoms with Crippen LogP contribution in [0.2, 0.25) is 5.02 Å². The number of unbranched alkanes of at least 4 members (excludes halogenated alkanes) is 4. The summed E-state index contributed by atoms with van der Waals surface area (Å²) in [6.07, 6.45) is 8.53. The average Bonchev–Trinajstić information content (AvgIpc) is 3.53. The standard InChI is InChI=1S/C30H38BrClN2O5S/c1-3-5-12-18-39-29(38)23-24-27(36)34(16-10-6-7-11-17-35)26(30(24)19-20(31)25(23)40-30)28(37)33(15-4-2)22-14-9-8-13-21(22)32/h3-4,8-9,13-14,20,23-26,35H,1-2,5-7,10-12,15-19H2/t20?,23-,24+,25-,26?,30?/m1/s1. The number of para-hydroxylation sites is 1. The van der Waals surface area contributed by atoms with Crippen molar-refractivity contribution in [2.24, 2.45) is 11.8 Å². The van der Waals surface area contributed by atoms with Crippen molar-refractivity contribution in [3.05, 3.63) is 54.6 Å². The number of esters is 1. The SMILES string of the molecule is C=CCCCOC(=O)[C@H]1[C@@H]2SC3(CC2Br)C(C(=O)N(CC=C)c2ccccc2Cl)N(CCCCCCO)C(=O)[C@H]13. The first-order chi connectivity index (χ1) is 19.3. The number of aliphatic hydroxyl groups excluding tert-OH is 1. The zero-order valence-corrected chi connectivity index (χ0v) is 25.8. The number of fused-ring (bicyclic) bond motifs is 1. The van der Waals surface area contributed by atoms with E-state index in [1.807, 2.05) is 12.1 Å². The Labute approximate surface area is 254 Å². The van der Waals surface area contributed by atoms with Gasteiger partial charge in [-0.2, -0.15) is 0 Å². The van der Waals surface area contributed by atoms with Gasteiger partial charge in [-0.3, -0.25) is 14.4 Å². The number of nitrogens with zero attached hydrogens (tertiary/aromatic N) is 2. The molecule has 1 aromatic rings. The van der Waals surface area contributed by atoms with Gasteiger partial charge in [0.1, 0.15) is 6.04 Å². The number of aliphatic hydroxyl groups is 1. The van der Waals surface area contributed by atoms with Gasteiger partial charge in [-0.1, -0.05) is 64.7 Å². The van der Waals surface area contributed by atoms with Crippen molar-refractivity contribution >= 4 is 62.8 Å². The Kier molecular flexibility index (Phi) is 10.8. The van der Waals surface area contributed by atoms with E-state index in [-0.39, 0.29) is 47.6 Å². The normalized spacial score (nSPS) is 28.4. The lowest BCUT2D eigenvalue weighted by Gasteiger charge is -2.38.